The maximum absolute atomic E-state index is 11.4. The van der Waals surface area contributed by atoms with Crippen molar-refractivity contribution in [3.8, 4) is 22.5 Å². The topological polar surface area (TPSA) is 55.3 Å². The minimum absolute atomic E-state index is 0.0955. The number of carbonyl (C=O) groups excluding carboxylic acids is 1. The molecule has 1 aromatic heterocycles. The summed E-state index contributed by atoms with van der Waals surface area (Å²) in [5.41, 5.74) is 3.90. The van der Waals surface area contributed by atoms with Gasteiger partial charge >= 0.3 is 5.97 Å². The van der Waals surface area contributed by atoms with Crippen LogP contribution >= 0.6 is 0 Å². The second kappa shape index (κ2) is 11.8. The van der Waals surface area contributed by atoms with Crippen LogP contribution in [0.3, 0.4) is 0 Å². The summed E-state index contributed by atoms with van der Waals surface area (Å²) in [5.74, 6) is 0.770. The Bertz CT molecular complexity index is 945. The van der Waals surface area contributed by atoms with Gasteiger partial charge in [-0.05, 0) is 19.8 Å². The third kappa shape index (κ3) is 6.64. The molecule has 0 saturated carbocycles. The van der Waals surface area contributed by atoms with Gasteiger partial charge in [0.1, 0.15) is 5.82 Å². The van der Waals surface area contributed by atoms with Gasteiger partial charge in [0.05, 0.1) is 24.2 Å². The summed E-state index contributed by atoms with van der Waals surface area (Å²) in [7, 11) is 2.06. The summed E-state index contributed by atoms with van der Waals surface area (Å²) in [4.78, 5) is 23.3. The number of unbranched alkanes of at least 4 members (excludes halogenated alkanes) is 3. The number of hydrogen-bond acceptors (Lipinski definition) is 5. The Morgan fingerprint density at radius 1 is 0.871 bits per heavy atom. The molecule has 0 aliphatic carbocycles. The lowest BCUT2D eigenvalue weighted by molar-refractivity contribution is -0.143. The summed E-state index contributed by atoms with van der Waals surface area (Å²) in [6.07, 6.45) is 6.39. The van der Waals surface area contributed by atoms with Gasteiger partial charge in [-0.2, -0.15) is 0 Å². The second-order valence-corrected chi connectivity index (χ2v) is 7.55. The number of aromatic nitrogens is 2. The zero-order chi connectivity index (χ0) is 21.9. The van der Waals surface area contributed by atoms with Crippen molar-refractivity contribution in [3.05, 3.63) is 66.9 Å². The van der Waals surface area contributed by atoms with Crippen molar-refractivity contribution in [2.75, 3.05) is 25.1 Å². The fourth-order valence-electron chi connectivity index (χ4n) is 3.49. The van der Waals surface area contributed by atoms with E-state index in [0.29, 0.717) is 13.0 Å². The van der Waals surface area contributed by atoms with Crippen LogP contribution in [0.4, 0.5) is 5.82 Å². The van der Waals surface area contributed by atoms with Crippen molar-refractivity contribution in [3.63, 3.8) is 0 Å². The predicted molar refractivity (Wildman–Crippen MR) is 126 cm³/mol. The smallest absolute Gasteiger partial charge is 0.305 e. The Labute approximate surface area is 185 Å². The first-order valence-electron chi connectivity index (χ1n) is 11.0. The van der Waals surface area contributed by atoms with Gasteiger partial charge in [-0.25, -0.2) is 4.98 Å². The number of carbonyl (C=O) groups is 1. The number of hydrogen-bond donors (Lipinski definition) is 0. The molecule has 2 aromatic carbocycles. The van der Waals surface area contributed by atoms with Crippen molar-refractivity contribution in [2.24, 2.45) is 0 Å². The zero-order valence-corrected chi connectivity index (χ0v) is 18.5. The molecule has 0 radical (unpaired) electrons. The monoisotopic (exact) mass is 417 g/mol. The van der Waals surface area contributed by atoms with E-state index in [-0.39, 0.29) is 5.97 Å². The minimum atomic E-state index is -0.0955. The zero-order valence-electron chi connectivity index (χ0n) is 18.5. The van der Waals surface area contributed by atoms with E-state index in [2.05, 4.69) is 36.2 Å². The lowest BCUT2D eigenvalue weighted by atomic mass is 10.0. The molecule has 0 N–H and O–H groups in total. The van der Waals surface area contributed by atoms with Crippen LogP contribution in [-0.2, 0) is 9.53 Å². The molecule has 0 saturated heterocycles. The molecule has 5 heteroatoms. The Kier molecular flexibility index (Phi) is 8.59. The van der Waals surface area contributed by atoms with Crippen LogP contribution in [-0.4, -0.2) is 36.1 Å². The summed E-state index contributed by atoms with van der Waals surface area (Å²) < 4.78 is 4.97. The lowest BCUT2D eigenvalue weighted by Crippen LogP contribution is -2.20. The normalized spacial score (nSPS) is 10.6. The van der Waals surface area contributed by atoms with E-state index in [1.165, 1.54) is 0 Å². The van der Waals surface area contributed by atoms with Gasteiger partial charge in [0.2, 0.25) is 0 Å². The van der Waals surface area contributed by atoms with E-state index in [1.54, 1.807) is 0 Å². The predicted octanol–water partition coefficient (Wildman–Crippen LogP) is 5.76. The Morgan fingerprint density at radius 3 is 2.13 bits per heavy atom. The Hall–Kier alpha value is -3.21. The third-order valence-corrected chi connectivity index (χ3v) is 5.18. The van der Waals surface area contributed by atoms with Gasteiger partial charge in [0.15, 0.2) is 0 Å². The first-order valence-corrected chi connectivity index (χ1v) is 11.0. The van der Waals surface area contributed by atoms with Crippen LogP contribution in [0.1, 0.15) is 39.0 Å². The highest BCUT2D eigenvalue weighted by atomic mass is 16.5. The summed E-state index contributed by atoms with van der Waals surface area (Å²) in [6.45, 7) is 3.19. The highest BCUT2D eigenvalue weighted by molar-refractivity contribution is 5.78. The quantitative estimate of drug-likeness (QED) is 0.293. The molecule has 31 heavy (non-hydrogen) atoms. The standard InChI is InChI=1S/C26H31N3O2/c1-3-31-24(30)18-12-4-5-13-19-29(2)23-20-27-25(21-14-8-6-9-15-21)26(28-23)22-16-10-7-11-17-22/h6-11,14-17,20H,3-5,12-13,18-19H2,1-2H3. The van der Waals surface area contributed by atoms with Crippen molar-refractivity contribution in [1.29, 1.82) is 0 Å². The van der Waals surface area contributed by atoms with Crippen LogP contribution in [0.25, 0.3) is 22.5 Å². The van der Waals surface area contributed by atoms with Gasteiger partial charge in [-0.15, -0.1) is 0 Å². The molecule has 3 aromatic rings. The van der Waals surface area contributed by atoms with Crippen LogP contribution in [0, 0.1) is 0 Å². The van der Waals surface area contributed by atoms with Gasteiger partial charge < -0.3 is 9.64 Å². The van der Waals surface area contributed by atoms with Crippen LogP contribution < -0.4 is 4.90 Å². The molecular weight excluding hydrogens is 386 g/mol. The average Bonchev–Trinajstić information content (AvgIpc) is 2.82. The fraction of sp³-hybridized carbons (Fsp3) is 0.346. The van der Waals surface area contributed by atoms with Gasteiger partial charge in [-0.1, -0.05) is 73.5 Å². The molecule has 3 rings (SSSR count). The van der Waals surface area contributed by atoms with E-state index in [9.17, 15) is 4.79 Å². The number of benzene rings is 2. The van der Waals surface area contributed by atoms with E-state index < -0.39 is 0 Å². The SMILES string of the molecule is CCOC(=O)CCCCCCN(C)c1cnc(-c2ccccc2)c(-c2ccccc2)n1. The van der Waals surface area contributed by atoms with Crippen molar-refractivity contribution < 1.29 is 9.53 Å². The highest BCUT2D eigenvalue weighted by Crippen LogP contribution is 2.30. The highest BCUT2D eigenvalue weighted by Gasteiger charge is 2.13. The van der Waals surface area contributed by atoms with Crippen molar-refractivity contribution in [1.82, 2.24) is 9.97 Å². The first-order chi connectivity index (χ1) is 15.2. The van der Waals surface area contributed by atoms with Crippen LogP contribution in [0.2, 0.25) is 0 Å². The Balaban J connectivity index is 1.64. The van der Waals surface area contributed by atoms with E-state index in [1.807, 2.05) is 49.5 Å². The number of ether oxygens (including phenoxy) is 1. The average molecular weight is 418 g/mol. The minimum Gasteiger partial charge on any atom is -0.466 e. The number of rotatable bonds is 11. The van der Waals surface area contributed by atoms with Gasteiger partial charge in [-0.3, -0.25) is 9.78 Å². The largest absolute Gasteiger partial charge is 0.466 e. The van der Waals surface area contributed by atoms with Crippen LogP contribution in [0.15, 0.2) is 66.9 Å². The molecule has 0 amide bonds. The first kappa shape index (κ1) is 22.5. The Morgan fingerprint density at radius 2 is 1.48 bits per heavy atom. The molecule has 1 heterocycles. The van der Waals surface area contributed by atoms with E-state index in [4.69, 9.17) is 14.7 Å². The molecule has 0 atom stereocenters. The summed E-state index contributed by atoms with van der Waals surface area (Å²) >= 11 is 0. The lowest BCUT2D eigenvalue weighted by Gasteiger charge is -2.20. The fourth-order valence-corrected chi connectivity index (χ4v) is 3.49. The van der Waals surface area contributed by atoms with E-state index in [0.717, 1.165) is 60.6 Å². The third-order valence-electron chi connectivity index (χ3n) is 5.18. The summed E-state index contributed by atoms with van der Waals surface area (Å²) in [6, 6.07) is 20.4. The number of nitrogens with zero attached hydrogens (tertiary/aromatic N) is 3. The molecule has 0 unspecified atom stereocenters. The van der Waals surface area contributed by atoms with Gasteiger partial charge in [0, 0.05) is 31.1 Å². The maximum Gasteiger partial charge on any atom is 0.305 e. The molecule has 0 fully saturated rings. The van der Waals surface area contributed by atoms with Crippen molar-refractivity contribution >= 4 is 11.8 Å². The number of esters is 1. The molecule has 5 nitrogen and oxygen atoms in total. The molecule has 162 valence electrons. The molecule has 0 aliphatic heterocycles. The van der Waals surface area contributed by atoms with Crippen LogP contribution in [0.5, 0.6) is 0 Å². The molecular formula is C26H31N3O2. The van der Waals surface area contributed by atoms with Crippen molar-refractivity contribution in [2.45, 2.75) is 39.0 Å². The molecule has 0 aliphatic rings. The maximum atomic E-state index is 11.4. The second-order valence-electron chi connectivity index (χ2n) is 7.55. The van der Waals surface area contributed by atoms with Gasteiger partial charge in [0.25, 0.3) is 0 Å². The van der Waals surface area contributed by atoms with E-state index >= 15 is 0 Å². The number of anilines is 1. The molecule has 0 spiro atoms. The molecule has 0 bridgehead atoms. The summed E-state index contributed by atoms with van der Waals surface area (Å²) in [5, 5.41) is 0.